The molecule has 1 aliphatic heterocycles. The molecule has 14 heavy (non-hydrogen) atoms. The molecule has 1 saturated heterocycles. The Morgan fingerprint density at radius 3 is 2.64 bits per heavy atom. The lowest BCUT2D eigenvalue weighted by Crippen LogP contribution is -2.37. The van der Waals surface area contributed by atoms with Gasteiger partial charge in [-0.25, -0.2) is 0 Å². The fourth-order valence-electron chi connectivity index (χ4n) is 1.47. The maximum Gasteiger partial charge on any atom is 0.227 e. The first kappa shape index (κ1) is 10.7. The second kappa shape index (κ2) is 4.21. The Morgan fingerprint density at radius 2 is 2.21 bits per heavy atom. The highest BCUT2D eigenvalue weighted by Crippen LogP contribution is 2.08. The molecule has 5 nitrogen and oxygen atoms in total. The first-order valence-electron chi connectivity index (χ1n) is 4.52. The first-order valence-corrected chi connectivity index (χ1v) is 4.52. The van der Waals surface area contributed by atoms with Crippen LogP contribution in [0.2, 0.25) is 0 Å². The van der Waals surface area contributed by atoms with Crippen molar-refractivity contribution in [1.82, 2.24) is 10.2 Å². The molecule has 0 bridgehead atoms. The number of ketones is 1. The predicted octanol–water partition coefficient (Wildman–Crippen LogP) is -0.688. The van der Waals surface area contributed by atoms with E-state index in [1.165, 1.54) is 6.92 Å². The van der Waals surface area contributed by atoms with E-state index in [0.717, 1.165) is 0 Å². The maximum atomic E-state index is 11.2. The lowest BCUT2D eigenvalue weighted by atomic mass is 10.2. The van der Waals surface area contributed by atoms with E-state index >= 15 is 0 Å². The van der Waals surface area contributed by atoms with E-state index in [1.807, 2.05) is 0 Å². The van der Waals surface area contributed by atoms with Gasteiger partial charge in [-0.15, -0.1) is 0 Å². The monoisotopic (exact) mass is 198 g/mol. The van der Waals surface area contributed by atoms with Crippen LogP contribution in [0.4, 0.5) is 0 Å². The molecule has 0 aliphatic carbocycles. The summed E-state index contributed by atoms with van der Waals surface area (Å²) in [5.41, 5.74) is 0. The standard InChI is InChI=1S/C9H14N2O3/c1-6(12)3-8(13)10-7-4-9(14)11(2)5-7/h7H,3-5H2,1-2H3,(H,10,13). The van der Waals surface area contributed by atoms with Gasteiger partial charge in [-0.1, -0.05) is 0 Å². The van der Waals surface area contributed by atoms with Gasteiger partial charge in [0, 0.05) is 20.0 Å². The second-order valence-electron chi connectivity index (χ2n) is 3.62. The fourth-order valence-corrected chi connectivity index (χ4v) is 1.47. The largest absolute Gasteiger partial charge is 0.351 e. The van der Waals surface area contributed by atoms with Gasteiger partial charge in [-0.05, 0) is 6.92 Å². The van der Waals surface area contributed by atoms with E-state index in [1.54, 1.807) is 11.9 Å². The fraction of sp³-hybridized carbons (Fsp3) is 0.667. The van der Waals surface area contributed by atoms with E-state index < -0.39 is 0 Å². The van der Waals surface area contributed by atoms with Crippen LogP contribution < -0.4 is 5.32 Å². The maximum absolute atomic E-state index is 11.2. The van der Waals surface area contributed by atoms with Gasteiger partial charge in [0.2, 0.25) is 11.8 Å². The summed E-state index contributed by atoms with van der Waals surface area (Å²) in [5, 5.41) is 2.65. The van der Waals surface area contributed by atoms with Crippen molar-refractivity contribution in [1.29, 1.82) is 0 Å². The number of hydrogen-bond acceptors (Lipinski definition) is 3. The van der Waals surface area contributed by atoms with Gasteiger partial charge >= 0.3 is 0 Å². The lowest BCUT2D eigenvalue weighted by Gasteiger charge is -2.11. The van der Waals surface area contributed by atoms with Crippen LogP contribution in [0.15, 0.2) is 0 Å². The zero-order valence-electron chi connectivity index (χ0n) is 8.37. The van der Waals surface area contributed by atoms with Crippen LogP contribution in [-0.2, 0) is 14.4 Å². The van der Waals surface area contributed by atoms with Crippen LogP contribution in [0.1, 0.15) is 19.8 Å². The van der Waals surface area contributed by atoms with Crippen LogP contribution in [-0.4, -0.2) is 42.1 Å². The number of likely N-dealkylation sites (N-methyl/N-ethyl adjacent to an activating group) is 1. The van der Waals surface area contributed by atoms with Gasteiger partial charge in [0.05, 0.1) is 12.5 Å². The van der Waals surface area contributed by atoms with E-state index in [2.05, 4.69) is 5.32 Å². The number of Topliss-reactive ketones (excluding diaryl/α,β-unsaturated/α-hetero) is 1. The third-order valence-corrected chi connectivity index (χ3v) is 2.12. The molecule has 1 unspecified atom stereocenters. The Bertz CT molecular complexity index is 275. The van der Waals surface area contributed by atoms with Crippen molar-refractivity contribution in [2.45, 2.75) is 25.8 Å². The third kappa shape index (κ3) is 2.83. The van der Waals surface area contributed by atoms with Crippen molar-refractivity contribution in [3.05, 3.63) is 0 Å². The number of nitrogens with zero attached hydrogens (tertiary/aromatic N) is 1. The van der Waals surface area contributed by atoms with Crippen molar-refractivity contribution in [2.75, 3.05) is 13.6 Å². The van der Waals surface area contributed by atoms with E-state index in [-0.39, 0.29) is 30.1 Å². The summed E-state index contributed by atoms with van der Waals surface area (Å²) in [4.78, 5) is 34.4. The number of hydrogen-bond donors (Lipinski definition) is 1. The Hall–Kier alpha value is -1.39. The van der Waals surface area contributed by atoms with Crippen molar-refractivity contribution in [2.24, 2.45) is 0 Å². The Kier molecular flexibility index (Phi) is 3.22. The molecular formula is C9H14N2O3. The molecule has 1 fully saturated rings. The van der Waals surface area contributed by atoms with Gasteiger partial charge < -0.3 is 10.2 Å². The van der Waals surface area contributed by atoms with Crippen LogP contribution >= 0.6 is 0 Å². The minimum atomic E-state index is -0.300. The molecule has 1 heterocycles. The number of amides is 2. The molecule has 0 aromatic heterocycles. The summed E-state index contributed by atoms with van der Waals surface area (Å²) in [6, 6.07) is -0.139. The SMILES string of the molecule is CC(=O)CC(=O)NC1CC(=O)N(C)C1. The van der Waals surface area contributed by atoms with E-state index in [0.29, 0.717) is 13.0 Å². The third-order valence-electron chi connectivity index (χ3n) is 2.12. The van der Waals surface area contributed by atoms with E-state index in [4.69, 9.17) is 0 Å². The molecule has 2 amide bonds. The quantitative estimate of drug-likeness (QED) is 0.610. The Labute approximate surface area is 82.4 Å². The molecule has 0 aromatic rings. The van der Waals surface area contributed by atoms with Crippen LogP contribution in [0.5, 0.6) is 0 Å². The van der Waals surface area contributed by atoms with Crippen molar-refractivity contribution in [3.8, 4) is 0 Å². The van der Waals surface area contributed by atoms with Crippen molar-refractivity contribution < 1.29 is 14.4 Å². The van der Waals surface area contributed by atoms with Crippen LogP contribution in [0.25, 0.3) is 0 Å². The normalized spacial score (nSPS) is 21.1. The zero-order chi connectivity index (χ0) is 10.7. The van der Waals surface area contributed by atoms with Gasteiger partial charge in [0.25, 0.3) is 0 Å². The van der Waals surface area contributed by atoms with E-state index in [9.17, 15) is 14.4 Å². The Morgan fingerprint density at radius 1 is 1.57 bits per heavy atom. The predicted molar refractivity (Wildman–Crippen MR) is 49.5 cm³/mol. The van der Waals surface area contributed by atoms with Crippen LogP contribution in [0.3, 0.4) is 0 Å². The van der Waals surface area contributed by atoms with Gasteiger partial charge in [-0.2, -0.15) is 0 Å². The summed E-state index contributed by atoms with van der Waals surface area (Å²) in [6.45, 7) is 1.90. The number of nitrogens with one attached hydrogen (secondary N) is 1. The zero-order valence-corrected chi connectivity index (χ0v) is 8.37. The van der Waals surface area contributed by atoms with Crippen molar-refractivity contribution >= 4 is 17.6 Å². The second-order valence-corrected chi connectivity index (χ2v) is 3.62. The molecule has 1 rings (SSSR count). The first-order chi connectivity index (χ1) is 6.49. The summed E-state index contributed by atoms with van der Waals surface area (Å²) in [5.74, 6) is -0.441. The molecule has 1 atom stereocenters. The number of carbonyl (C=O) groups excluding carboxylic acids is 3. The topological polar surface area (TPSA) is 66.5 Å². The molecule has 1 aliphatic rings. The highest BCUT2D eigenvalue weighted by molar-refractivity contribution is 5.97. The molecule has 5 heteroatoms. The van der Waals surface area contributed by atoms with Crippen LogP contribution in [0, 0.1) is 0 Å². The molecular weight excluding hydrogens is 184 g/mol. The smallest absolute Gasteiger partial charge is 0.227 e. The number of rotatable bonds is 3. The average molecular weight is 198 g/mol. The van der Waals surface area contributed by atoms with Gasteiger partial charge in [0.15, 0.2) is 0 Å². The molecule has 0 spiro atoms. The molecule has 78 valence electrons. The number of likely N-dealkylation sites (tertiary alicyclic amines) is 1. The minimum Gasteiger partial charge on any atom is -0.351 e. The lowest BCUT2D eigenvalue weighted by molar-refractivity contribution is -0.127. The highest BCUT2D eigenvalue weighted by Gasteiger charge is 2.27. The molecule has 0 radical (unpaired) electrons. The summed E-state index contributed by atoms with van der Waals surface area (Å²) >= 11 is 0. The summed E-state index contributed by atoms with van der Waals surface area (Å²) < 4.78 is 0. The van der Waals surface area contributed by atoms with Gasteiger partial charge in [0.1, 0.15) is 5.78 Å². The Balaban J connectivity index is 2.35. The van der Waals surface area contributed by atoms with Gasteiger partial charge in [-0.3, -0.25) is 14.4 Å². The highest BCUT2D eigenvalue weighted by atomic mass is 16.2. The minimum absolute atomic E-state index is 0.0260. The molecule has 1 N–H and O–H groups in total. The summed E-state index contributed by atoms with van der Waals surface area (Å²) in [7, 11) is 1.69. The molecule has 0 aromatic carbocycles. The number of carbonyl (C=O) groups is 3. The van der Waals surface area contributed by atoms with Crippen molar-refractivity contribution in [3.63, 3.8) is 0 Å². The average Bonchev–Trinajstić information content (AvgIpc) is 2.28. The molecule has 0 saturated carbocycles. The summed E-state index contributed by atoms with van der Waals surface area (Å²) in [6.07, 6.45) is 0.231.